The normalized spacial score (nSPS) is 11.5. The van der Waals surface area contributed by atoms with E-state index in [2.05, 4.69) is 36.4 Å². The number of fused-ring (bicyclic) bond motifs is 4. The average Bonchev–Trinajstić information content (AvgIpc) is 2.99. The van der Waals surface area contributed by atoms with E-state index < -0.39 is 0 Å². The van der Waals surface area contributed by atoms with E-state index in [1.807, 2.05) is 42.5 Å². The third kappa shape index (κ3) is 2.02. The second-order valence-electron chi connectivity index (χ2n) is 5.98. The van der Waals surface area contributed by atoms with Crippen LogP contribution in [0.3, 0.4) is 0 Å². The molecule has 1 nitrogen and oxygen atoms in total. The van der Waals surface area contributed by atoms with E-state index in [-0.39, 0.29) is 0 Å². The summed E-state index contributed by atoms with van der Waals surface area (Å²) < 4.78 is 5.93. The Labute approximate surface area is 144 Å². The fourth-order valence-corrected chi connectivity index (χ4v) is 3.63. The second-order valence-corrected chi connectivity index (χ2v) is 6.42. The molecule has 0 unspecified atom stereocenters. The van der Waals surface area contributed by atoms with E-state index in [1.54, 1.807) is 0 Å². The molecule has 0 radical (unpaired) electrons. The minimum atomic E-state index is 0.751. The molecular formula is C22H13ClO. The summed E-state index contributed by atoms with van der Waals surface area (Å²) in [4.78, 5) is 0. The predicted molar refractivity (Wildman–Crippen MR) is 102 cm³/mol. The molecule has 0 saturated carbocycles. The van der Waals surface area contributed by atoms with Gasteiger partial charge in [-0.1, -0.05) is 60.1 Å². The molecule has 5 aromatic rings. The number of hydrogen-bond donors (Lipinski definition) is 0. The van der Waals surface area contributed by atoms with Gasteiger partial charge in [0, 0.05) is 15.8 Å². The van der Waals surface area contributed by atoms with Gasteiger partial charge in [0.1, 0.15) is 11.2 Å². The molecule has 114 valence electrons. The first-order valence-corrected chi connectivity index (χ1v) is 8.27. The van der Waals surface area contributed by atoms with E-state index in [0.717, 1.165) is 43.5 Å². The van der Waals surface area contributed by atoms with Gasteiger partial charge in [-0.05, 0) is 52.2 Å². The van der Waals surface area contributed by atoms with E-state index >= 15 is 0 Å². The summed E-state index contributed by atoms with van der Waals surface area (Å²) in [5, 5.41) is 5.37. The van der Waals surface area contributed by atoms with Gasteiger partial charge in [-0.25, -0.2) is 0 Å². The van der Waals surface area contributed by atoms with Gasteiger partial charge in [-0.2, -0.15) is 0 Å². The van der Waals surface area contributed by atoms with Crippen molar-refractivity contribution < 1.29 is 4.42 Å². The van der Waals surface area contributed by atoms with Crippen molar-refractivity contribution in [2.75, 3.05) is 0 Å². The van der Waals surface area contributed by atoms with Crippen molar-refractivity contribution in [3.8, 4) is 11.1 Å². The Morgan fingerprint density at radius 2 is 1.38 bits per heavy atom. The van der Waals surface area contributed by atoms with Crippen molar-refractivity contribution in [3.05, 3.63) is 83.9 Å². The van der Waals surface area contributed by atoms with Gasteiger partial charge in [-0.15, -0.1) is 0 Å². The Hall–Kier alpha value is -2.77. The van der Waals surface area contributed by atoms with Gasteiger partial charge in [0.2, 0.25) is 0 Å². The summed E-state index contributed by atoms with van der Waals surface area (Å²) in [5.41, 5.74) is 4.12. The van der Waals surface area contributed by atoms with E-state index in [0.29, 0.717) is 0 Å². The van der Waals surface area contributed by atoms with Crippen molar-refractivity contribution in [3.63, 3.8) is 0 Å². The molecule has 4 aromatic carbocycles. The van der Waals surface area contributed by atoms with Crippen LogP contribution in [0.5, 0.6) is 0 Å². The van der Waals surface area contributed by atoms with Crippen LogP contribution in [0.25, 0.3) is 43.8 Å². The Kier molecular flexibility index (Phi) is 2.91. The topological polar surface area (TPSA) is 13.1 Å². The summed E-state index contributed by atoms with van der Waals surface area (Å²) in [5.74, 6) is 0. The van der Waals surface area contributed by atoms with Crippen LogP contribution in [0, 0.1) is 0 Å². The van der Waals surface area contributed by atoms with Crippen LogP contribution in [-0.2, 0) is 0 Å². The fraction of sp³-hybridized carbons (Fsp3) is 0. The number of hydrogen-bond acceptors (Lipinski definition) is 1. The van der Waals surface area contributed by atoms with Crippen molar-refractivity contribution in [1.29, 1.82) is 0 Å². The van der Waals surface area contributed by atoms with Crippen LogP contribution >= 0.6 is 11.6 Å². The van der Waals surface area contributed by atoms with Crippen molar-refractivity contribution in [2.24, 2.45) is 0 Å². The number of benzene rings is 4. The molecule has 0 spiro atoms. The molecule has 2 heteroatoms. The molecule has 0 atom stereocenters. The Bertz CT molecular complexity index is 1220. The highest BCUT2D eigenvalue weighted by Crippen LogP contribution is 2.36. The van der Waals surface area contributed by atoms with E-state index in [4.69, 9.17) is 16.0 Å². The number of furan rings is 1. The van der Waals surface area contributed by atoms with Gasteiger partial charge >= 0.3 is 0 Å². The van der Waals surface area contributed by atoms with Crippen molar-refractivity contribution in [2.45, 2.75) is 0 Å². The first-order chi connectivity index (χ1) is 11.8. The molecule has 0 amide bonds. The van der Waals surface area contributed by atoms with Gasteiger partial charge < -0.3 is 4.42 Å². The Morgan fingerprint density at radius 3 is 2.29 bits per heavy atom. The maximum atomic E-state index is 6.35. The minimum Gasteiger partial charge on any atom is -0.456 e. The van der Waals surface area contributed by atoms with Crippen molar-refractivity contribution >= 4 is 44.3 Å². The zero-order valence-electron chi connectivity index (χ0n) is 12.8. The molecule has 1 heterocycles. The molecule has 0 bridgehead atoms. The smallest absolute Gasteiger partial charge is 0.135 e. The van der Waals surface area contributed by atoms with Gasteiger partial charge in [-0.3, -0.25) is 0 Å². The SMILES string of the molecule is Clc1cc(-c2ccc3oc4ccccc4c3c2)c2ccccc2c1. The highest BCUT2D eigenvalue weighted by molar-refractivity contribution is 6.32. The predicted octanol–water partition coefficient (Wildman–Crippen LogP) is 7.06. The molecule has 0 saturated heterocycles. The lowest BCUT2D eigenvalue weighted by Crippen LogP contribution is -1.82. The lowest BCUT2D eigenvalue weighted by molar-refractivity contribution is 0.669. The third-order valence-corrected chi connectivity index (χ3v) is 4.73. The van der Waals surface area contributed by atoms with Crippen LogP contribution < -0.4 is 0 Å². The zero-order chi connectivity index (χ0) is 16.1. The molecule has 0 fully saturated rings. The van der Waals surface area contributed by atoms with Crippen LogP contribution in [0.1, 0.15) is 0 Å². The summed E-state index contributed by atoms with van der Waals surface area (Å²) in [6, 6.07) is 26.8. The van der Waals surface area contributed by atoms with E-state index in [1.165, 1.54) is 5.39 Å². The second kappa shape index (κ2) is 5.12. The van der Waals surface area contributed by atoms with Gasteiger partial charge in [0.25, 0.3) is 0 Å². The maximum Gasteiger partial charge on any atom is 0.135 e. The number of halogens is 1. The maximum absolute atomic E-state index is 6.35. The highest BCUT2D eigenvalue weighted by atomic mass is 35.5. The van der Waals surface area contributed by atoms with Crippen LogP contribution in [0.2, 0.25) is 5.02 Å². The fourth-order valence-electron chi connectivity index (χ4n) is 3.41. The van der Waals surface area contributed by atoms with Gasteiger partial charge in [0.15, 0.2) is 0 Å². The molecule has 0 aliphatic heterocycles. The Morgan fingerprint density at radius 1 is 0.625 bits per heavy atom. The summed E-state index contributed by atoms with van der Waals surface area (Å²) in [7, 11) is 0. The largest absolute Gasteiger partial charge is 0.456 e. The number of rotatable bonds is 1. The van der Waals surface area contributed by atoms with E-state index in [9.17, 15) is 0 Å². The lowest BCUT2D eigenvalue weighted by Gasteiger charge is -2.08. The average molecular weight is 329 g/mol. The summed E-state index contributed by atoms with van der Waals surface area (Å²) >= 11 is 6.35. The first-order valence-electron chi connectivity index (χ1n) is 7.89. The molecular weight excluding hydrogens is 316 g/mol. The first kappa shape index (κ1) is 13.6. The molecule has 0 N–H and O–H groups in total. The van der Waals surface area contributed by atoms with Gasteiger partial charge in [0.05, 0.1) is 0 Å². The zero-order valence-corrected chi connectivity index (χ0v) is 13.5. The standard InChI is InChI=1S/C22H13ClO/c23-16-11-14-5-1-2-6-17(14)19(13-16)15-9-10-22-20(12-15)18-7-3-4-8-21(18)24-22/h1-13H. The molecule has 0 aliphatic carbocycles. The highest BCUT2D eigenvalue weighted by Gasteiger charge is 2.10. The Balaban J connectivity index is 1.85. The number of para-hydroxylation sites is 1. The van der Waals surface area contributed by atoms with Crippen LogP contribution in [-0.4, -0.2) is 0 Å². The quantitative estimate of drug-likeness (QED) is 0.321. The van der Waals surface area contributed by atoms with Crippen LogP contribution in [0.15, 0.2) is 83.3 Å². The third-order valence-electron chi connectivity index (χ3n) is 4.51. The monoisotopic (exact) mass is 328 g/mol. The minimum absolute atomic E-state index is 0.751. The van der Waals surface area contributed by atoms with Crippen molar-refractivity contribution in [1.82, 2.24) is 0 Å². The molecule has 24 heavy (non-hydrogen) atoms. The molecule has 5 rings (SSSR count). The lowest BCUT2D eigenvalue weighted by atomic mass is 9.97. The summed E-state index contributed by atoms with van der Waals surface area (Å²) in [6.45, 7) is 0. The molecule has 1 aromatic heterocycles. The van der Waals surface area contributed by atoms with Crippen LogP contribution in [0.4, 0.5) is 0 Å². The molecule has 0 aliphatic rings. The summed E-state index contributed by atoms with van der Waals surface area (Å²) in [6.07, 6.45) is 0.